The predicted molar refractivity (Wildman–Crippen MR) is 68.7 cm³/mol. The highest BCUT2D eigenvalue weighted by Crippen LogP contribution is 2.38. The van der Waals surface area contributed by atoms with Crippen molar-refractivity contribution in [3.63, 3.8) is 0 Å². The van der Waals surface area contributed by atoms with Crippen molar-refractivity contribution >= 4 is 22.6 Å². The number of halogens is 1. The van der Waals surface area contributed by atoms with E-state index < -0.39 is 0 Å². The zero-order chi connectivity index (χ0) is 11.3. The number of rotatable bonds is 5. The summed E-state index contributed by atoms with van der Waals surface area (Å²) in [5.41, 5.74) is 1.19. The van der Waals surface area contributed by atoms with Gasteiger partial charge in [0, 0.05) is 4.43 Å². The first kappa shape index (κ1) is 12.4. The van der Waals surface area contributed by atoms with Crippen molar-refractivity contribution in [2.24, 2.45) is 0 Å². The van der Waals surface area contributed by atoms with E-state index in [-0.39, 0.29) is 0 Å². The highest BCUT2D eigenvalue weighted by atomic mass is 127. The summed E-state index contributed by atoms with van der Waals surface area (Å²) in [6.45, 7) is 0. The van der Waals surface area contributed by atoms with Gasteiger partial charge >= 0.3 is 0 Å². The van der Waals surface area contributed by atoms with Gasteiger partial charge in [0.15, 0.2) is 11.5 Å². The Labute approximate surface area is 104 Å². The molecule has 0 amide bonds. The summed E-state index contributed by atoms with van der Waals surface area (Å²) in [7, 11) is 4.87. The van der Waals surface area contributed by atoms with Gasteiger partial charge in [0.25, 0.3) is 0 Å². The van der Waals surface area contributed by atoms with Gasteiger partial charge in [-0.3, -0.25) is 0 Å². The average molecular weight is 322 g/mol. The minimum Gasteiger partial charge on any atom is -0.493 e. The molecule has 1 aromatic rings. The lowest BCUT2D eigenvalue weighted by Gasteiger charge is -2.13. The normalized spacial score (nSPS) is 9.87. The Balaban J connectivity index is 3.16. The Hall–Kier alpha value is -0.650. The van der Waals surface area contributed by atoms with Crippen molar-refractivity contribution in [1.29, 1.82) is 0 Å². The van der Waals surface area contributed by atoms with Gasteiger partial charge < -0.3 is 14.2 Å². The maximum Gasteiger partial charge on any atom is 0.203 e. The lowest BCUT2D eigenvalue weighted by Crippen LogP contribution is -1.97. The quantitative estimate of drug-likeness (QED) is 0.616. The van der Waals surface area contributed by atoms with E-state index >= 15 is 0 Å². The molecule has 1 aromatic carbocycles. The van der Waals surface area contributed by atoms with Gasteiger partial charge in [0.1, 0.15) is 0 Å². The van der Waals surface area contributed by atoms with Crippen LogP contribution in [0.25, 0.3) is 0 Å². The minimum atomic E-state index is 0.650. The van der Waals surface area contributed by atoms with E-state index in [1.54, 1.807) is 21.3 Å². The Kier molecular flexibility index (Phi) is 5.01. The van der Waals surface area contributed by atoms with Gasteiger partial charge in [-0.05, 0) is 24.1 Å². The Bertz CT molecular complexity index is 301. The largest absolute Gasteiger partial charge is 0.493 e. The molecule has 0 saturated carbocycles. The first-order valence-corrected chi connectivity index (χ1v) is 6.14. The van der Waals surface area contributed by atoms with Gasteiger partial charge in [-0.25, -0.2) is 0 Å². The molecule has 0 heterocycles. The fourth-order valence-corrected chi connectivity index (χ4v) is 2.01. The second-order valence-corrected chi connectivity index (χ2v) is 4.05. The molecule has 0 atom stereocenters. The molecule has 0 radical (unpaired) electrons. The summed E-state index contributed by atoms with van der Waals surface area (Å²) in [5.74, 6) is 2.09. The average Bonchev–Trinajstić information content (AvgIpc) is 2.28. The molecule has 0 bridgehead atoms. The number of hydrogen-bond donors (Lipinski definition) is 0. The van der Waals surface area contributed by atoms with Crippen LogP contribution in [-0.4, -0.2) is 25.8 Å². The van der Waals surface area contributed by atoms with Crippen molar-refractivity contribution in [2.45, 2.75) is 6.42 Å². The molecule has 1 rings (SSSR count). The fraction of sp³-hybridized carbons (Fsp3) is 0.455. The molecule has 0 aliphatic heterocycles. The molecule has 0 N–H and O–H groups in total. The fourth-order valence-electron chi connectivity index (χ4n) is 1.39. The van der Waals surface area contributed by atoms with Crippen LogP contribution in [-0.2, 0) is 6.42 Å². The van der Waals surface area contributed by atoms with Gasteiger partial charge in [0.2, 0.25) is 5.75 Å². The summed E-state index contributed by atoms with van der Waals surface area (Å²) in [6.07, 6.45) is 0.997. The van der Waals surface area contributed by atoms with Crippen LogP contribution in [0.15, 0.2) is 12.1 Å². The van der Waals surface area contributed by atoms with E-state index in [9.17, 15) is 0 Å². The first-order chi connectivity index (χ1) is 7.26. The molecule has 0 aliphatic carbocycles. The van der Waals surface area contributed by atoms with E-state index in [0.717, 1.165) is 22.3 Å². The second-order valence-electron chi connectivity index (χ2n) is 2.97. The van der Waals surface area contributed by atoms with Crippen LogP contribution in [0.4, 0.5) is 0 Å². The smallest absolute Gasteiger partial charge is 0.203 e. The van der Waals surface area contributed by atoms with Gasteiger partial charge in [0.05, 0.1) is 21.3 Å². The highest BCUT2D eigenvalue weighted by molar-refractivity contribution is 14.1. The van der Waals surface area contributed by atoms with Crippen molar-refractivity contribution in [3.05, 3.63) is 17.7 Å². The lowest BCUT2D eigenvalue weighted by molar-refractivity contribution is 0.324. The number of hydrogen-bond acceptors (Lipinski definition) is 3. The summed E-state index contributed by atoms with van der Waals surface area (Å²) in [5, 5.41) is 0. The molecule has 0 unspecified atom stereocenters. The Morgan fingerprint density at radius 1 is 1.00 bits per heavy atom. The van der Waals surface area contributed by atoms with Crippen molar-refractivity contribution in [2.75, 3.05) is 25.8 Å². The highest BCUT2D eigenvalue weighted by Gasteiger charge is 2.12. The standard InChI is InChI=1S/C11H15IO3/c1-13-9-6-8(4-5-12)7-10(14-2)11(9)15-3/h6-7H,4-5H2,1-3H3. The van der Waals surface area contributed by atoms with E-state index in [4.69, 9.17) is 14.2 Å². The molecular formula is C11H15IO3. The van der Waals surface area contributed by atoms with Crippen LogP contribution in [0, 0.1) is 0 Å². The van der Waals surface area contributed by atoms with Crippen LogP contribution in [0.5, 0.6) is 17.2 Å². The van der Waals surface area contributed by atoms with E-state index in [0.29, 0.717) is 5.75 Å². The third-order valence-corrected chi connectivity index (χ3v) is 2.65. The monoisotopic (exact) mass is 322 g/mol. The van der Waals surface area contributed by atoms with Gasteiger partial charge in [-0.15, -0.1) is 0 Å². The molecular weight excluding hydrogens is 307 g/mol. The van der Waals surface area contributed by atoms with Gasteiger partial charge in [-0.1, -0.05) is 22.6 Å². The van der Waals surface area contributed by atoms with Crippen LogP contribution < -0.4 is 14.2 Å². The topological polar surface area (TPSA) is 27.7 Å². The zero-order valence-corrected chi connectivity index (χ0v) is 11.3. The molecule has 0 aromatic heterocycles. The first-order valence-electron chi connectivity index (χ1n) is 4.61. The van der Waals surface area contributed by atoms with Crippen molar-refractivity contribution in [1.82, 2.24) is 0 Å². The third-order valence-electron chi connectivity index (χ3n) is 2.11. The van der Waals surface area contributed by atoms with Crippen LogP contribution in [0.2, 0.25) is 0 Å². The second kappa shape index (κ2) is 6.05. The van der Waals surface area contributed by atoms with E-state index in [1.165, 1.54) is 5.56 Å². The number of ether oxygens (including phenoxy) is 3. The van der Waals surface area contributed by atoms with E-state index in [1.807, 2.05) is 12.1 Å². The number of aryl methyl sites for hydroxylation is 1. The third kappa shape index (κ3) is 2.90. The molecule has 15 heavy (non-hydrogen) atoms. The Morgan fingerprint density at radius 3 is 1.87 bits per heavy atom. The maximum absolute atomic E-state index is 5.26. The molecule has 0 spiro atoms. The van der Waals surface area contributed by atoms with Crippen LogP contribution in [0.1, 0.15) is 5.56 Å². The van der Waals surface area contributed by atoms with E-state index in [2.05, 4.69) is 22.6 Å². The Morgan fingerprint density at radius 2 is 1.53 bits per heavy atom. The maximum atomic E-state index is 5.26. The molecule has 0 saturated heterocycles. The molecule has 0 fully saturated rings. The summed E-state index contributed by atoms with van der Waals surface area (Å²) in [6, 6.07) is 3.97. The minimum absolute atomic E-state index is 0.650. The van der Waals surface area contributed by atoms with Crippen LogP contribution in [0.3, 0.4) is 0 Å². The number of benzene rings is 1. The number of alkyl halides is 1. The zero-order valence-electron chi connectivity index (χ0n) is 9.17. The summed E-state index contributed by atoms with van der Waals surface area (Å²) in [4.78, 5) is 0. The molecule has 0 aliphatic rings. The lowest BCUT2D eigenvalue weighted by atomic mass is 10.1. The SMILES string of the molecule is COc1cc(CCI)cc(OC)c1OC. The van der Waals surface area contributed by atoms with Crippen LogP contribution >= 0.6 is 22.6 Å². The van der Waals surface area contributed by atoms with Crippen molar-refractivity contribution < 1.29 is 14.2 Å². The molecule has 3 nitrogen and oxygen atoms in total. The molecule has 84 valence electrons. The summed E-state index contributed by atoms with van der Waals surface area (Å²) < 4.78 is 16.8. The van der Waals surface area contributed by atoms with Gasteiger partial charge in [-0.2, -0.15) is 0 Å². The predicted octanol–water partition coefficient (Wildman–Crippen LogP) is 2.69. The van der Waals surface area contributed by atoms with Crippen molar-refractivity contribution in [3.8, 4) is 17.2 Å². The number of methoxy groups -OCH3 is 3. The summed E-state index contributed by atoms with van der Waals surface area (Å²) >= 11 is 2.34. The molecule has 4 heteroatoms.